The topological polar surface area (TPSA) is 81.2 Å². The highest BCUT2D eigenvalue weighted by Crippen LogP contribution is 2.40. The quantitative estimate of drug-likeness (QED) is 0.728. The summed E-state index contributed by atoms with van der Waals surface area (Å²) in [6, 6.07) is 9.90. The Hall–Kier alpha value is -2.18. The number of nitrogens with one attached hydrogen (secondary N) is 2. The third-order valence-corrected chi connectivity index (χ3v) is 5.52. The van der Waals surface area contributed by atoms with E-state index in [9.17, 15) is 9.90 Å². The Morgan fingerprint density at radius 3 is 2.63 bits per heavy atom. The molecule has 0 bridgehead atoms. The first-order chi connectivity index (χ1) is 12.9. The largest absolute Gasteiger partial charge is 0.392 e. The Bertz CT molecular complexity index is 757. The van der Waals surface area contributed by atoms with Crippen molar-refractivity contribution in [1.82, 2.24) is 20.2 Å². The van der Waals surface area contributed by atoms with Crippen LogP contribution in [0.3, 0.4) is 0 Å². The number of aromatic amines is 1. The van der Waals surface area contributed by atoms with Crippen LogP contribution in [0.5, 0.6) is 0 Å². The minimum Gasteiger partial charge on any atom is -0.392 e. The number of carbonyl (C=O) groups excluding carboxylic acids is 1. The van der Waals surface area contributed by atoms with E-state index in [1.165, 1.54) is 0 Å². The van der Waals surface area contributed by atoms with Gasteiger partial charge in [-0.25, -0.2) is 4.98 Å². The summed E-state index contributed by atoms with van der Waals surface area (Å²) in [7, 11) is 3.99. The zero-order chi connectivity index (χ0) is 19.6. The third kappa shape index (κ3) is 4.22. The number of hydrogen-bond acceptors (Lipinski definition) is 4. The number of likely N-dealkylation sites (N-methyl/N-ethyl adjacent to an activating group) is 1. The summed E-state index contributed by atoms with van der Waals surface area (Å²) in [6.45, 7) is 4.63. The van der Waals surface area contributed by atoms with Gasteiger partial charge in [0, 0.05) is 36.3 Å². The number of aliphatic hydroxyl groups is 1. The van der Waals surface area contributed by atoms with E-state index >= 15 is 0 Å². The first-order valence-electron chi connectivity index (χ1n) is 9.59. The van der Waals surface area contributed by atoms with Crippen molar-refractivity contribution in [3.63, 3.8) is 0 Å². The molecule has 1 aliphatic rings. The summed E-state index contributed by atoms with van der Waals surface area (Å²) in [6.07, 6.45) is 1.69. The van der Waals surface area contributed by atoms with Crippen LogP contribution in [-0.2, 0) is 11.3 Å². The molecule has 1 amide bonds. The van der Waals surface area contributed by atoms with E-state index in [1.807, 2.05) is 50.6 Å². The molecule has 3 N–H and O–H groups in total. The monoisotopic (exact) mass is 370 g/mol. The fourth-order valence-electron chi connectivity index (χ4n) is 3.94. The summed E-state index contributed by atoms with van der Waals surface area (Å²) < 4.78 is 0. The Labute approximate surface area is 161 Å². The van der Waals surface area contributed by atoms with E-state index in [2.05, 4.69) is 34.0 Å². The maximum Gasteiger partial charge on any atom is 0.226 e. The molecule has 1 heterocycles. The minimum absolute atomic E-state index is 0.0768. The molecule has 4 atom stereocenters. The lowest BCUT2D eigenvalue weighted by Gasteiger charge is -2.26. The molecule has 146 valence electrons. The van der Waals surface area contributed by atoms with Crippen LogP contribution >= 0.6 is 0 Å². The van der Waals surface area contributed by atoms with Gasteiger partial charge in [0.1, 0.15) is 5.82 Å². The van der Waals surface area contributed by atoms with E-state index in [0.717, 1.165) is 17.1 Å². The van der Waals surface area contributed by atoms with Gasteiger partial charge >= 0.3 is 0 Å². The van der Waals surface area contributed by atoms with Crippen LogP contribution in [0.4, 0.5) is 0 Å². The van der Waals surface area contributed by atoms with Crippen molar-refractivity contribution in [3.8, 4) is 0 Å². The van der Waals surface area contributed by atoms with Gasteiger partial charge in [-0.1, -0.05) is 44.2 Å². The van der Waals surface area contributed by atoms with Gasteiger partial charge in [0.2, 0.25) is 5.91 Å². The van der Waals surface area contributed by atoms with E-state index in [-0.39, 0.29) is 17.9 Å². The third-order valence-electron chi connectivity index (χ3n) is 5.52. The number of rotatable bonds is 6. The SMILES string of the molecule is CC(C)c1ncc([C@@H]2[C@H](O)[C@@H](C(=O)NCc3ccccc3)C[C@H]2N(C)C)[nH]1. The van der Waals surface area contributed by atoms with Gasteiger partial charge in [0.15, 0.2) is 0 Å². The van der Waals surface area contributed by atoms with Crippen molar-refractivity contribution in [3.05, 3.63) is 53.6 Å². The summed E-state index contributed by atoms with van der Waals surface area (Å²) in [5.74, 6) is 0.514. The van der Waals surface area contributed by atoms with Crippen LogP contribution in [0.2, 0.25) is 0 Å². The second-order valence-corrected chi connectivity index (χ2v) is 7.97. The molecule has 6 nitrogen and oxygen atoms in total. The van der Waals surface area contributed by atoms with E-state index in [4.69, 9.17) is 0 Å². The lowest BCUT2D eigenvalue weighted by atomic mass is 9.95. The number of nitrogens with zero attached hydrogens (tertiary/aromatic N) is 2. The van der Waals surface area contributed by atoms with Gasteiger partial charge in [0.25, 0.3) is 0 Å². The second kappa shape index (κ2) is 8.23. The van der Waals surface area contributed by atoms with E-state index in [0.29, 0.717) is 18.9 Å². The fourth-order valence-corrected chi connectivity index (χ4v) is 3.94. The molecule has 0 radical (unpaired) electrons. The Morgan fingerprint density at radius 2 is 2.04 bits per heavy atom. The molecule has 1 fully saturated rings. The van der Waals surface area contributed by atoms with Crippen LogP contribution in [0.15, 0.2) is 36.5 Å². The van der Waals surface area contributed by atoms with Gasteiger partial charge < -0.3 is 20.3 Å². The number of H-pyrrole nitrogens is 1. The molecule has 27 heavy (non-hydrogen) atoms. The van der Waals surface area contributed by atoms with Crippen LogP contribution < -0.4 is 5.32 Å². The molecule has 1 aromatic carbocycles. The standard InChI is InChI=1S/C21H30N4O2/c1-13(2)20-22-12-16(24-20)18-17(25(3)4)10-15(19(18)26)21(27)23-11-14-8-6-5-7-9-14/h5-9,12-13,15,17-19,26H,10-11H2,1-4H3,(H,22,24)(H,23,27)/t15-,17+,18-,19+/m0/s1. The molecule has 0 saturated heterocycles. The summed E-state index contributed by atoms with van der Waals surface area (Å²) in [5.41, 5.74) is 1.96. The van der Waals surface area contributed by atoms with Crippen molar-refractivity contribution in [2.24, 2.45) is 5.92 Å². The molecule has 0 spiro atoms. The number of benzene rings is 1. The lowest BCUT2D eigenvalue weighted by molar-refractivity contribution is -0.127. The molecular weight excluding hydrogens is 340 g/mol. The number of amides is 1. The number of hydrogen-bond donors (Lipinski definition) is 3. The van der Waals surface area contributed by atoms with Crippen LogP contribution in [0.1, 0.15) is 49.2 Å². The highest BCUT2D eigenvalue weighted by atomic mass is 16.3. The molecule has 0 unspecified atom stereocenters. The highest BCUT2D eigenvalue weighted by molar-refractivity contribution is 5.80. The van der Waals surface area contributed by atoms with Crippen LogP contribution in [0.25, 0.3) is 0 Å². The summed E-state index contributed by atoms with van der Waals surface area (Å²) in [4.78, 5) is 22.7. The molecule has 1 aromatic heterocycles. The summed E-state index contributed by atoms with van der Waals surface area (Å²) in [5, 5.41) is 14.0. The van der Waals surface area contributed by atoms with Crippen molar-refractivity contribution in [2.45, 2.75) is 50.8 Å². The van der Waals surface area contributed by atoms with Gasteiger partial charge in [-0.05, 0) is 26.1 Å². The predicted molar refractivity (Wildman–Crippen MR) is 105 cm³/mol. The predicted octanol–water partition coefficient (Wildman–Crippen LogP) is 2.24. The Morgan fingerprint density at radius 1 is 1.33 bits per heavy atom. The number of aromatic nitrogens is 2. The summed E-state index contributed by atoms with van der Waals surface area (Å²) >= 11 is 0. The molecule has 1 saturated carbocycles. The highest BCUT2D eigenvalue weighted by Gasteiger charge is 2.47. The molecular formula is C21H30N4O2. The normalized spacial score (nSPS) is 25.3. The molecule has 2 aromatic rings. The second-order valence-electron chi connectivity index (χ2n) is 7.97. The minimum atomic E-state index is -0.742. The maximum atomic E-state index is 12.8. The van der Waals surface area contributed by atoms with Crippen molar-refractivity contribution in [2.75, 3.05) is 14.1 Å². The van der Waals surface area contributed by atoms with Crippen molar-refractivity contribution in [1.29, 1.82) is 0 Å². The van der Waals surface area contributed by atoms with Crippen molar-refractivity contribution < 1.29 is 9.90 Å². The Balaban J connectivity index is 1.74. The average Bonchev–Trinajstić information content (AvgIpc) is 3.25. The van der Waals surface area contributed by atoms with E-state index in [1.54, 1.807) is 0 Å². The first kappa shape index (κ1) is 19.6. The maximum absolute atomic E-state index is 12.8. The van der Waals surface area contributed by atoms with Gasteiger partial charge in [-0.2, -0.15) is 0 Å². The molecule has 6 heteroatoms. The van der Waals surface area contributed by atoms with Crippen LogP contribution in [-0.4, -0.2) is 52.1 Å². The van der Waals surface area contributed by atoms with Crippen LogP contribution in [0, 0.1) is 5.92 Å². The molecule has 3 rings (SSSR count). The molecule has 0 aliphatic heterocycles. The smallest absolute Gasteiger partial charge is 0.226 e. The van der Waals surface area contributed by atoms with E-state index < -0.39 is 12.0 Å². The van der Waals surface area contributed by atoms with Gasteiger partial charge in [-0.15, -0.1) is 0 Å². The number of imidazole rings is 1. The van der Waals surface area contributed by atoms with Crippen molar-refractivity contribution >= 4 is 5.91 Å². The fraction of sp³-hybridized carbons (Fsp3) is 0.524. The average molecular weight is 370 g/mol. The zero-order valence-electron chi connectivity index (χ0n) is 16.5. The number of carbonyl (C=O) groups is 1. The zero-order valence-corrected chi connectivity index (χ0v) is 16.5. The number of aliphatic hydroxyl groups excluding tert-OH is 1. The Kier molecular flexibility index (Phi) is 5.97. The van der Waals surface area contributed by atoms with Gasteiger partial charge in [-0.3, -0.25) is 4.79 Å². The first-order valence-corrected chi connectivity index (χ1v) is 9.59. The molecule has 1 aliphatic carbocycles. The lowest BCUT2D eigenvalue weighted by Crippen LogP contribution is -2.36. The van der Waals surface area contributed by atoms with Gasteiger partial charge in [0.05, 0.1) is 12.0 Å².